The van der Waals surface area contributed by atoms with Gasteiger partial charge in [0.05, 0.1) is 6.61 Å². The van der Waals surface area contributed by atoms with E-state index in [0.717, 1.165) is 32.5 Å². The van der Waals surface area contributed by atoms with Crippen molar-refractivity contribution in [1.82, 2.24) is 0 Å². The molecule has 0 heterocycles. The molecule has 0 amide bonds. The molecule has 0 saturated heterocycles. The van der Waals surface area contributed by atoms with Gasteiger partial charge in [-0.2, -0.15) is 0 Å². The van der Waals surface area contributed by atoms with E-state index in [9.17, 15) is 4.79 Å². The Bertz CT molecular complexity index is 146. The molecule has 0 fully saturated rings. The number of carbonyl (C=O) groups excluding carboxylic acids is 1. The van der Waals surface area contributed by atoms with Crippen molar-refractivity contribution < 1.29 is 19.4 Å². The number of hydrogen-bond acceptors (Lipinski definition) is 4. The molecule has 0 aliphatic heterocycles. The van der Waals surface area contributed by atoms with Crippen molar-refractivity contribution in [2.45, 2.75) is 53.1 Å². The van der Waals surface area contributed by atoms with Crippen molar-refractivity contribution in [1.29, 1.82) is 0 Å². The van der Waals surface area contributed by atoms with Crippen LogP contribution in [0.25, 0.3) is 0 Å². The third-order valence-electron chi connectivity index (χ3n) is 1.82. The number of hydrogen-bond donors (Lipinski definition) is 1. The van der Waals surface area contributed by atoms with Gasteiger partial charge in [0.1, 0.15) is 6.10 Å². The molecule has 1 unspecified atom stereocenters. The first kappa shape index (κ1) is 17.8. The van der Waals surface area contributed by atoms with Crippen molar-refractivity contribution in [2.24, 2.45) is 0 Å². The van der Waals surface area contributed by atoms with Gasteiger partial charge in [-0.3, -0.25) is 4.79 Å². The van der Waals surface area contributed by atoms with Crippen molar-refractivity contribution in [2.75, 3.05) is 19.8 Å². The Morgan fingerprint density at radius 3 is 2.06 bits per heavy atom. The van der Waals surface area contributed by atoms with E-state index in [1.54, 1.807) is 0 Å². The molecule has 0 aliphatic rings. The lowest BCUT2D eigenvalue weighted by Crippen LogP contribution is -2.20. The first-order valence-corrected chi connectivity index (χ1v) is 5.98. The number of unbranched alkanes of at least 4 members (excludes halogenated alkanes) is 1. The molecule has 0 aromatic rings. The zero-order chi connectivity index (χ0) is 12.8. The van der Waals surface area contributed by atoms with Crippen molar-refractivity contribution in [3.63, 3.8) is 0 Å². The lowest BCUT2D eigenvalue weighted by atomic mass is 10.2. The molecule has 0 spiro atoms. The predicted molar refractivity (Wildman–Crippen MR) is 64.3 cm³/mol. The van der Waals surface area contributed by atoms with Gasteiger partial charge in [0, 0.05) is 20.1 Å². The van der Waals surface area contributed by atoms with Crippen LogP contribution >= 0.6 is 0 Å². The van der Waals surface area contributed by atoms with E-state index in [1.165, 1.54) is 6.92 Å². The summed E-state index contributed by atoms with van der Waals surface area (Å²) in [5.41, 5.74) is 0. The first-order valence-electron chi connectivity index (χ1n) is 5.98. The quantitative estimate of drug-likeness (QED) is 0.686. The SMILES string of the molecule is CCCCC(CO)OC(C)=O.CCOCC. The fourth-order valence-corrected chi connectivity index (χ4v) is 1.06. The Morgan fingerprint density at radius 1 is 1.25 bits per heavy atom. The minimum absolute atomic E-state index is 0.0699. The van der Waals surface area contributed by atoms with E-state index < -0.39 is 0 Å². The third-order valence-corrected chi connectivity index (χ3v) is 1.82. The van der Waals surface area contributed by atoms with Gasteiger partial charge >= 0.3 is 5.97 Å². The van der Waals surface area contributed by atoms with Crippen LogP contribution in [0.2, 0.25) is 0 Å². The van der Waals surface area contributed by atoms with Gasteiger partial charge < -0.3 is 14.6 Å². The fraction of sp³-hybridized carbons (Fsp3) is 0.917. The predicted octanol–water partition coefficient (Wildman–Crippen LogP) is 2.14. The van der Waals surface area contributed by atoms with Gasteiger partial charge in [-0.1, -0.05) is 13.3 Å². The Morgan fingerprint density at radius 2 is 1.81 bits per heavy atom. The number of ether oxygens (including phenoxy) is 2. The summed E-state index contributed by atoms with van der Waals surface area (Å²) in [6, 6.07) is 0. The lowest BCUT2D eigenvalue weighted by molar-refractivity contribution is -0.148. The lowest BCUT2D eigenvalue weighted by Gasteiger charge is -2.12. The van der Waals surface area contributed by atoms with Gasteiger partial charge in [-0.15, -0.1) is 0 Å². The summed E-state index contributed by atoms with van der Waals surface area (Å²) >= 11 is 0. The van der Waals surface area contributed by atoms with Crippen LogP contribution in [0.5, 0.6) is 0 Å². The molecule has 4 nitrogen and oxygen atoms in total. The molecular formula is C12H26O4. The monoisotopic (exact) mass is 234 g/mol. The summed E-state index contributed by atoms with van der Waals surface area (Å²) in [6.45, 7) is 9.01. The number of aliphatic hydroxyl groups is 1. The van der Waals surface area contributed by atoms with Gasteiger partial charge in [0.15, 0.2) is 0 Å². The highest BCUT2D eigenvalue weighted by atomic mass is 16.5. The zero-order valence-corrected chi connectivity index (χ0v) is 11.0. The van der Waals surface area contributed by atoms with Crippen LogP contribution in [0.4, 0.5) is 0 Å². The van der Waals surface area contributed by atoms with E-state index in [-0.39, 0.29) is 18.7 Å². The second-order valence-corrected chi connectivity index (χ2v) is 3.34. The van der Waals surface area contributed by atoms with Crippen molar-refractivity contribution in [3.05, 3.63) is 0 Å². The molecule has 0 aromatic carbocycles. The summed E-state index contributed by atoms with van der Waals surface area (Å²) in [5, 5.41) is 8.72. The number of carbonyl (C=O) groups is 1. The molecule has 0 radical (unpaired) electrons. The van der Waals surface area contributed by atoms with Crippen molar-refractivity contribution in [3.8, 4) is 0 Å². The van der Waals surface area contributed by atoms with Gasteiger partial charge in [0.2, 0.25) is 0 Å². The molecule has 0 aliphatic carbocycles. The fourth-order valence-electron chi connectivity index (χ4n) is 1.06. The highest BCUT2D eigenvalue weighted by Crippen LogP contribution is 2.03. The highest BCUT2D eigenvalue weighted by Gasteiger charge is 2.08. The van der Waals surface area contributed by atoms with Crippen LogP contribution in [-0.4, -0.2) is 37.0 Å². The summed E-state index contributed by atoms with van der Waals surface area (Å²) < 4.78 is 9.65. The van der Waals surface area contributed by atoms with Crippen LogP contribution in [-0.2, 0) is 14.3 Å². The van der Waals surface area contributed by atoms with Crippen LogP contribution in [0.3, 0.4) is 0 Å². The Hall–Kier alpha value is -0.610. The second kappa shape index (κ2) is 14.4. The maximum atomic E-state index is 10.4. The summed E-state index contributed by atoms with van der Waals surface area (Å²) in [7, 11) is 0. The third kappa shape index (κ3) is 15.8. The minimum Gasteiger partial charge on any atom is -0.460 e. The molecule has 1 atom stereocenters. The maximum Gasteiger partial charge on any atom is 0.302 e. The maximum absolute atomic E-state index is 10.4. The van der Waals surface area contributed by atoms with Gasteiger partial charge in [-0.25, -0.2) is 0 Å². The molecule has 0 bridgehead atoms. The van der Waals surface area contributed by atoms with E-state index in [1.807, 2.05) is 13.8 Å². The Labute approximate surface area is 98.9 Å². The Balaban J connectivity index is 0. The highest BCUT2D eigenvalue weighted by molar-refractivity contribution is 5.66. The van der Waals surface area contributed by atoms with Crippen LogP contribution in [0.1, 0.15) is 47.0 Å². The van der Waals surface area contributed by atoms with Crippen LogP contribution in [0.15, 0.2) is 0 Å². The zero-order valence-electron chi connectivity index (χ0n) is 11.0. The molecule has 16 heavy (non-hydrogen) atoms. The van der Waals surface area contributed by atoms with E-state index in [2.05, 4.69) is 6.92 Å². The minimum atomic E-state index is -0.319. The topological polar surface area (TPSA) is 55.8 Å². The second-order valence-electron chi connectivity index (χ2n) is 3.34. The van der Waals surface area contributed by atoms with Crippen LogP contribution < -0.4 is 0 Å². The van der Waals surface area contributed by atoms with E-state index in [0.29, 0.717) is 0 Å². The number of rotatable bonds is 7. The average Bonchev–Trinajstić information content (AvgIpc) is 2.25. The van der Waals surface area contributed by atoms with Crippen molar-refractivity contribution >= 4 is 5.97 Å². The number of esters is 1. The smallest absolute Gasteiger partial charge is 0.302 e. The average molecular weight is 234 g/mol. The van der Waals surface area contributed by atoms with E-state index in [4.69, 9.17) is 14.6 Å². The molecule has 98 valence electrons. The molecule has 0 saturated carbocycles. The molecule has 1 N–H and O–H groups in total. The first-order chi connectivity index (χ1) is 7.62. The Kier molecular flexibility index (Phi) is 16.0. The standard InChI is InChI=1S/C8H16O3.C4H10O/c1-3-4-5-8(6-9)11-7(2)10;1-3-5-4-2/h8-9H,3-6H2,1-2H3;3-4H2,1-2H3. The largest absolute Gasteiger partial charge is 0.460 e. The number of aliphatic hydroxyl groups excluding tert-OH is 1. The van der Waals surface area contributed by atoms with Crippen LogP contribution in [0, 0.1) is 0 Å². The molecule has 0 rings (SSSR count). The summed E-state index contributed by atoms with van der Waals surface area (Å²) in [5.74, 6) is -0.319. The van der Waals surface area contributed by atoms with Gasteiger partial charge in [-0.05, 0) is 26.7 Å². The normalized spacial score (nSPS) is 11.3. The molecule has 0 aromatic heterocycles. The van der Waals surface area contributed by atoms with Gasteiger partial charge in [0.25, 0.3) is 0 Å². The van der Waals surface area contributed by atoms with E-state index >= 15 is 0 Å². The summed E-state index contributed by atoms with van der Waals surface area (Å²) in [4.78, 5) is 10.4. The summed E-state index contributed by atoms with van der Waals surface area (Å²) in [6.07, 6.45) is 2.50. The molecule has 4 heteroatoms. The molecular weight excluding hydrogens is 208 g/mol.